The van der Waals surface area contributed by atoms with Crippen LogP contribution in [0.5, 0.6) is 0 Å². The summed E-state index contributed by atoms with van der Waals surface area (Å²) in [5.41, 5.74) is 4.25. The molecule has 16 heavy (non-hydrogen) atoms. The van der Waals surface area contributed by atoms with Crippen molar-refractivity contribution in [3.05, 3.63) is 28.2 Å². The third kappa shape index (κ3) is 1.52. The molecule has 0 aliphatic carbocycles. The Morgan fingerprint density at radius 2 is 2.38 bits per heavy atom. The van der Waals surface area contributed by atoms with Gasteiger partial charge in [0.1, 0.15) is 5.15 Å². The van der Waals surface area contributed by atoms with Crippen LogP contribution >= 0.6 is 23.4 Å². The van der Waals surface area contributed by atoms with Gasteiger partial charge in [-0.1, -0.05) is 24.9 Å². The summed E-state index contributed by atoms with van der Waals surface area (Å²) in [4.78, 5) is 4.61. The van der Waals surface area contributed by atoms with Crippen LogP contribution in [0.3, 0.4) is 0 Å². The number of thioether (sulfide) groups is 1. The van der Waals surface area contributed by atoms with Gasteiger partial charge in [0.15, 0.2) is 5.65 Å². The number of hydrogen-bond donors (Lipinski definition) is 0. The molecular formula is C11H12ClN3S. The van der Waals surface area contributed by atoms with Gasteiger partial charge in [0, 0.05) is 23.1 Å². The van der Waals surface area contributed by atoms with E-state index >= 15 is 0 Å². The first-order chi connectivity index (χ1) is 7.79. The minimum absolute atomic E-state index is 0.743. The first-order valence-electron chi connectivity index (χ1n) is 5.43. The van der Waals surface area contributed by atoms with Gasteiger partial charge in [0.2, 0.25) is 0 Å². The van der Waals surface area contributed by atoms with E-state index in [1.807, 2.05) is 17.8 Å². The number of fused-ring (bicyclic) bond motifs is 2. The van der Waals surface area contributed by atoms with Gasteiger partial charge >= 0.3 is 0 Å². The van der Waals surface area contributed by atoms with Crippen LogP contribution in [0.1, 0.15) is 30.3 Å². The average molecular weight is 254 g/mol. The summed E-state index contributed by atoms with van der Waals surface area (Å²) in [6.45, 7) is 2.15. The fraction of sp³-hybridized carbons (Fsp3) is 0.455. The van der Waals surface area contributed by atoms with E-state index in [1.165, 1.54) is 0 Å². The Morgan fingerprint density at radius 1 is 1.50 bits per heavy atom. The summed E-state index contributed by atoms with van der Waals surface area (Å²) >= 11 is 8.21. The molecule has 0 bridgehead atoms. The lowest BCUT2D eigenvalue weighted by Crippen LogP contribution is -1.99. The predicted molar refractivity (Wildman–Crippen MR) is 67.0 cm³/mol. The molecular weight excluding hydrogens is 242 g/mol. The maximum atomic E-state index is 6.35. The molecule has 0 unspecified atom stereocenters. The number of aryl methyl sites for hydroxylation is 1. The molecule has 0 amide bonds. The zero-order valence-electron chi connectivity index (χ0n) is 9.03. The van der Waals surface area contributed by atoms with Crippen LogP contribution in [0.25, 0.3) is 5.65 Å². The molecule has 3 heterocycles. The minimum Gasteiger partial charge on any atom is -0.232 e. The van der Waals surface area contributed by atoms with Gasteiger partial charge in [0.25, 0.3) is 0 Å². The lowest BCUT2D eigenvalue weighted by atomic mass is 10.2. The van der Waals surface area contributed by atoms with Crippen molar-refractivity contribution in [2.24, 2.45) is 0 Å². The van der Waals surface area contributed by atoms with Gasteiger partial charge in [-0.15, -0.1) is 0 Å². The molecule has 0 fully saturated rings. The van der Waals surface area contributed by atoms with Crippen LogP contribution in [0.4, 0.5) is 0 Å². The molecule has 2 aromatic heterocycles. The lowest BCUT2D eigenvalue weighted by molar-refractivity contribution is 0.828. The van der Waals surface area contributed by atoms with E-state index in [4.69, 9.17) is 11.6 Å². The number of aromatic nitrogens is 3. The molecule has 0 saturated carbocycles. The van der Waals surface area contributed by atoms with Crippen molar-refractivity contribution in [3.8, 4) is 0 Å². The summed E-state index contributed by atoms with van der Waals surface area (Å²) in [7, 11) is 0. The summed E-state index contributed by atoms with van der Waals surface area (Å²) in [5.74, 6) is 1.93. The summed E-state index contributed by atoms with van der Waals surface area (Å²) < 4.78 is 1.78. The molecule has 0 aromatic carbocycles. The molecule has 3 rings (SSSR count). The van der Waals surface area contributed by atoms with Crippen molar-refractivity contribution in [1.82, 2.24) is 14.6 Å². The number of halogens is 1. The highest BCUT2D eigenvalue weighted by molar-refractivity contribution is 7.98. The topological polar surface area (TPSA) is 30.2 Å². The van der Waals surface area contributed by atoms with Crippen molar-refractivity contribution in [3.63, 3.8) is 0 Å². The monoisotopic (exact) mass is 253 g/mol. The highest BCUT2D eigenvalue weighted by Gasteiger charge is 2.20. The largest absolute Gasteiger partial charge is 0.232 e. The van der Waals surface area contributed by atoms with Crippen LogP contribution < -0.4 is 0 Å². The first kappa shape index (κ1) is 10.4. The number of hydrogen-bond acceptors (Lipinski definition) is 3. The Bertz CT molecular complexity index is 550. The fourth-order valence-corrected chi connectivity index (χ4v) is 3.41. The molecule has 0 N–H and O–H groups in total. The number of nitrogens with zero attached hydrogens (tertiary/aromatic N) is 3. The maximum absolute atomic E-state index is 6.35. The second-order valence-corrected chi connectivity index (χ2v) is 5.32. The van der Waals surface area contributed by atoms with E-state index in [-0.39, 0.29) is 0 Å². The smallest absolute Gasteiger partial charge is 0.157 e. The zero-order chi connectivity index (χ0) is 11.1. The van der Waals surface area contributed by atoms with E-state index in [0.29, 0.717) is 0 Å². The SMILES string of the molecule is CCCc1cc2nc3c(c(Cl)n2n1)CSC3. The van der Waals surface area contributed by atoms with E-state index in [1.54, 1.807) is 4.52 Å². The molecule has 0 spiro atoms. The zero-order valence-corrected chi connectivity index (χ0v) is 10.6. The normalized spacial score (nSPS) is 14.6. The molecule has 3 nitrogen and oxygen atoms in total. The quantitative estimate of drug-likeness (QED) is 0.771. The van der Waals surface area contributed by atoms with Gasteiger partial charge < -0.3 is 0 Å². The standard InChI is InChI=1S/C11H12ClN3S/c1-2-3-7-4-10-13-9-6-16-5-8(9)11(12)15(10)14-7/h4H,2-3,5-6H2,1H3. The Morgan fingerprint density at radius 3 is 3.19 bits per heavy atom. The molecule has 1 aliphatic rings. The van der Waals surface area contributed by atoms with Crippen LogP contribution in [-0.2, 0) is 17.9 Å². The Hall–Kier alpha value is -0.740. The molecule has 0 atom stereocenters. The van der Waals surface area contributed by atoms with Crippen molar-refractivity contribution in [1.29, 1.82) is 0 Å². The minimum atomic E-state index is 0.743. The lowest BCUT2D eigenvalue weighted by Gasteiger charge is -2.02. The van der Waals surface area contributed by atoms with E-state index in [2.05, 4.69) is 17.0 Å². The Kier molecular flexibility index (Phi) is 2.56. The second-order valence-electron chi connectivity index (χ2n) is 3.98. The van der Waals surface area contributed by atoms with Gasteiger partial charge in [-0.2, -0.15) is 16.9 Å². The maximum Gasteiger partial charge on any atom is 0.157 e. The first-order valence-corrected chi connectivity index (χ1v) is 6.96. The third-order valence-electron chi connectivity index (χ3n) is 2.77. The average Bonchev–Trinajstić information content (AvgIpc) is 2.85. The third-order valence-corrected chi connectivity index (χ3v) is 4.12. The predicted octanol–water partition coefficient (Wildman–Crippen LogP) is 3.08. The fourth-order valence-electron chi connectivity index (χ4n) is 1.99. The van der Waals surface area contributed by atoms with Gasteiger partial charge in [-0.25, -0.2) is 9.50 Å². The van der Waals surface area contributed by atoms with Crippen molar-refractivity contribution in [2.45, 2.75) is 31.3 Å². The highest BCUT2D eigenvalue weighted by Crippen LogP contribution is 2.33. The van der Waals surface area contributed by atoms with Crippen molar-refractivity contribution in [2.75, 3.05) is 0 Å². The second kappa shape index (κ2) is 3.93. The number of rotatable bonds is 2. The van der Waals surface area contributed by atoms with E-state index < -0.39 is 0 Å². The summed E-state index contributed by atoms with van der Waals surface area (Å²) in [6.07, 6.45) is 2.08. The molecule has 84 valence electrons. The summed E-state index contributed by atoms with van der Waals surface area (Å²) in [5, 5.41) is 5.24. The van der Waals surface area contributed by atoms with Gasteiger partial charge in [-0.3, -0.25) is 0 Å². The van der Waals surface area contributed by atoms with Crippen molar-refractivity contribution >= 4 is 29.0 Å². The molecule has 1 aliphatic heterocycles. The van der Waals surface area contributed by atoms with Gasteiger partial charge in [0.05, 0.1) is 11.4 Å². The van der Waals surface area contributed by atoms with Gasteiger partial charge in [-0.05, 0) is 6.42 Å². The van der Waals surface area contributed by atoms with Crippen LogP contribution in [0.15, 0.2) is 6.07 Å². The molecule has 0 radical (unpaired) electrons. The van der Waals surface area contributed by atoms with E-state index in [0.717, 1.165) is 52.1 Å². The Balaban J connectivity index is 2.20. The molecule has 0 saturated heterocycles. The van der Waals surface area contributed by atoms with Crippen molar-refractivity contribution < 1.29 is 0 Å². The summed E-state index contributed by atoms with van der Waals surface area (Å²) in [6, 6.07) is 2.04. The van der Waals surface area contributed by atoms with Crippen LogP contribution in [0, 0.1) is 0 Å². The Labute approximate surface area is 103 Å². The van der Waals surface area contributed by atoms with Crippen LogP contribution in [-0.4, -0.2) is 14.6 Å². The highest BCUT2D eigenvalue weighted by atomic mass is 35.5. The van der Waals surface area contributed by atoms with E-state index in [9.17, 15) is 0 Å². The molecule has 2 aromatic rings. The van der Waals surface area contributed by atoms with Crippen LogP contribution in [0.2, 0.25) is 5.15 Å². The molecule has 5 heteroatoms.